The number of hydrogen-bond acceptors (Lipinski definition) is 10. The molecule has 2 bridgehead atoms. The average molecular weight is 508 g/mol. The summed E-state index contributed by atoms with van der Waals surface area (Å²) >= 11 is 0. The molecule has 0 radical (unpaired) electrons. The first kappa shape index (κ1) is 25.4. The molecule has 0 spiro atoms. The maximum Gasteiger partial charge on any atom is 0.254 e. The maximum absolute atomic E-state index is 13.6. The van der Waals surface area contributed by atoms with Crippen LogP contribution in [0, 0.1) is 0 Å². The van der Waals surface area contributed by atoms with E-state index in [9.17, 15) is 14.7 Å². The van der Waals surface area contributed by atoms with Crippen molar-refractivity contribution in [2.24, 2.45) is 0 Å². The Bertz CT molecular complexity index is 1000. The van der Waals surface area contributed by atoms with Gasteiger partial charge in [-0.1, -0.05) is 0 Å². The summed E-state index contributed by atoms with van der Waals surface area (Å²) in [6.07, 6.45) is -5.46. The van der Waals surface area contributed by atoms with Crippen molar-refractivity contribution in [1.82, 2.24) is 4.90 Å². The molecule has 5 rings (SSSR count). The minimum atomic E-state index is -1.55. The minimum Gasteiger partial charge on any atom is -0.454 e. The molecule has 4 heterocycles. The zero-order valence-corrected chi connectivity index (χ0v) is 20.9. The highest BCUT2D eigenvalue weighted by atomic mass is 16.7. The number of hydrogen-bond donors (Lipinski definition) is 1. The Morgan fingerprint density at radius 3 is 2.39 bits per heavy atom. The van der Waals surface area contributed by atoms with Gasteiger partial charge in [0.1, 0.15) is 30.2 Å². The molecule has 0 unspecified atom stereocenters. The van der Waals surface area contributed by atoms with Gasteiger partial charge in [0, 0.05) is 46.8 Å². The molecule has 1 aromatic rings. The van der Waals surface area contributed by atoms with Gasteiger partial charge in [0.05, 0.1) is 6.10 Å². The minimum absolute atomic E-state index is 0.112. The van der Waals surface area contributed by atoms with E-state index in [0.717, 1.165) is 11.1 Å². The lowest BCUT2D eigenvalue weighted by atomic mass is 9.86. The Kier molecular flexibility index (Phi) is 7.21. The normalized spacial score (nSPS) is 36.2. The van der Waals surface area contributed by atoms with Crippen molar-refractivity contribution in [2.45, 2.75) is 75.1 Å². The van der Waals surface area contributed by atoms with Crippen molar-refractivity contribution in [1.29, 1.82) is 0 Å². The number of ketones is 1. The molecule has 4 aliphatic heterocycles. The second kappa shape index (κ2) is 10.2. The van der Waals surface area contributed by atoms with Crippen LogP contribution in [-0.2, 0) is 39.8 Å². The third-order valence-corrected chi connectivity index (χ3v) is 7.62. The number of benzene rings is 1. The number of fused-ring (bicyclic) bond motifs is 6. The van der Waals surface area contributed by atoms with Crippen molar-refractivity contribution in [2.75, 3.05) is 34.7 Å². The standard InChI is InChI=1S/C25H33NO10/c1-12-21(30-2)22(31-3)23(32-4)25(35-12)36-19-9-16(27)14-5-6-26(24(29)20(19)28)10-13-7-17-18(8-15(13)14)34-11-33-17/h7-8,12,14,19-23,25,28H,5-6,9-11H2,1-4H3/t12-,14-,19-,20+,21-,22+,23-,25+/m1/s1. The number of rotatable bonds is 5. The molecule has 2 saturated heterocycles. The molecule has 1 amide bonds. The first-order valence-electron chi connectivity index (χ1n) is 12.2. The second-order valence-electron chi connectivity index (χ2n) is 9.61. The summed E-state index contributed by atoms with van der Waals surface area (Å²) in [7, 11) is 4.59. The van der Waals surface area contributed by atoms with Crippen LogP contribution in [-0.4, -0.2) is 99.3 Å². The van der Waals surface area contributed by atoms with Crippen LogP contribution in [0.4, 0.5) is 0 Å². The van der Waals surface area contributed by atoms with Gasteiger partial charge in [-0.25, -0.2) is 0 Å². The monoisotopic (exact) mass is 507 g/mol. The van der Waals surface area contributed by atoms with Gasteiger partial charge in [-0.3, -0.25) is 9.59 Å². The summed E-state index contributed by atoms with van der Waals surface area (Å²) in [5.74, 6) is 0.0607. The summed E-state index contributed by atoms with van der Waals surface area (Å²) in [5.41, 5.74) is 1.63. The molecule has 0 saturated carbocycles. The van der Waals surface area contributed by atoms with Gasteiger partial charge in [-0.2, -0.15) is 0 Å². The number of methoxy groups -OCH3 is 3. The van der Waals surface area contributed by atoms with Crippen molar-refractivity contribution >= 4 is 11.7 Å². The zero-order valence-electron chi connectivity index (χ0n) is 20.9. The van der Waals surface area contributed by atoms with E-state index in [0.29, 0.717) is 24.5 Å². The van der Waals surface area contributed by atoms with Crippen LogP contribution >= 0.6 is 0 Å². The molecule has 1 aromatic carbocycles. The Morgan fingerprint density at radius 1 is 1.00 bits per heavy atom. The van der Waals surface area contributed by atoms with Gasteiger partial charge in [0.25, 0.3) is 5.91 Å². The van der Waals surface area contributed by atoms with E-state index in [1.165, 1.54) is 14.2 Å². The molecular formula is C25H33NO10. The number of carbonyl (C=O) groups excluding carboxylic acids is 2. The molecule has 2 fully saturated rings. The van der Waals surface area contributed by atoms with Crippen molar-refractivity contribution in [3.63, 3.8) is 0 Å². The van der Waals surface area contributed by atoms with Crippen LogP contribution in [0.2, 0.25) is 0 Å². The molecular weight excluding hydrogens is 474 g/mol. The summed E-state index contributed by atoms with van der Waals surface area (Å²) in [4.78, 5) is 28.6. The zero-order chi connectivity index (χ0) is 25.6. The fraction of sp³-hybridized carbons (Fsp3) is 0.680. The molecule has 1 N–H and O–H groups in total. The highest BCUT2D eigenvalue weighted by Crippen LogP contribution is 2.41. The summed E-state index contributed by atoms with van der Waals surface area (Å²) in [5, 5.41) is 11.1. The van der Waals surface area contributed by atoms with Crippen molar-refractivity contribution < 1.29 is 47.9 Å². The Hall–Kier alpha value is -2.28. The molecule has 0 aromatic heterocycles. The Balaban J connectivity index is 1.44. The highest BCUT2D eigenvalue weighted by molar-refractivity contribution is 5.90. The largest absolute Gasteiger partial charge is 0.454 e. The molecule has 36 heavy (non-hydrogen) atoms. The Labute approximate surface area is 209 Å². The average Bonchev–Trinajstić information content (AvgIpc) is 3.25. The van der Waals surface area contributed by atoms with Gasteiger partial charge in [0.2, 0.25) is 6.79 Å². The molecule has 0 aliphatic carbocycles. The van der Waals surface area contributed by atoms with Gasteiger partial charge >= 0.3 is 0 Å². The summed E-state index contributed by atoms with van der Waals surface area (Å²) in [6.45, 7) is 2.51. The van der Waals surface area contributed by atoms with Gasteiger partial charge in [-0.05, 0) is 36.6 Å². The second-order valence-corrected chi connectivity index (χ2v) is 9.61. The van der Waals surface area contributed by atoms with Crippen LogP contribution in [0.25, 0.3) is 0 Å². The number of amides is 1. The van der Waals surface area contributed by atoms with Crippen LogP contribution in [0.3, 0.4) is 0 Å². The predicted octanol–water partition coefficient (Wildman–Crippen LogP) is 0.740. The van der Waals surface area contributed by atoms with E-state index in [4.69, 9.17) is 33.2 Å². The van der Waals surface area contributed by atoms with E-state index in [1.54, 1.807) is 12.0 Å². The van der Waals surface area contributed by atoms with Crippen LogP contribution in [0.15, 0.2) is 12.1 Å². The smallest absolute Gasteiger partial charge is 0.254 e. The number of carbonyl (C=O) groups is 2. The van der Waals surface area contributed by atoms with Gasteiger partial charge < -0.3 is 43.2 Å². The third kappa shape index (κ3) is 4.37. The number of nitrogens with zero attached hydrogens (tertiary/aromatic N) is 1. The molecule has 198 valence electrons. The third-order valence-electron chi connectivity index (χ3n) is 7.62. The van der Waals surface area contributed by atoms with E-state index >= 15 is 0 Å². The first-order chi connectivity index (χ1) is 17.4. The lowest BCUT2D eigenvalue weighted by Gasteiger charge is -2.44. The number of ether oxygens (including phenoxy) is 7. The van der Waals surface area contributed by atoms with Crippen LogP contribution in [0.5, 0.6) is 11.5 Å². The van der Waals surface area contributed by atoms with Gasteiger partial charge in [-0.15, -0.1) is 0 Å². The number of aliphatic hydroxyl groups is 1. The number of aliphatic hydroxyl groups excluding tert-OH is 1. The van der Waals surface area contributed by atoms with Gasteiger partial charge in [0.15, 0.2) is 23.9 Å². The summed E-state index contributed by atoms with van der Waals surface area (Å²) < 4.78 is 40.0. The van der Waals surface area contributed by atoms with Crippen LogP contribution < -0.4 is 9.47 Å². The van der Waals surface area contributed by atoms with Crippen LogP contribution in [0.1, 0.15) is 36.8 Å². The predicted molar refractivity (Wildman–Crippen MR) is 123 cm³/mol. The lowest BCUT2D eigenvalue weighted by molar-refractivity contribution is -0.319. The van der Waals surface area contributed by atoms with E-state index in [-0.39, 0.29) is 25.5 Å². The van der Waals surface area contributed by atoms with E-state index in [2.05, 4.69) is 0 Å². The van der Waals surface area contributed by atoms with Crippen molar-refractivity contribution in [3.8, 4) is 11.5 Å². The van der Waals surface area contributed by atoms with Crippen molar-refractivity contribution in [3.05, 3.63) is 23.3 Å². The molecule has 11 heteroatoms. The SMILES string of the molecule is CO[C@@H]1[C@@H](OC)[C@H](O[C@@H]2CC(=O)[C@@H]3CCN(Cc4cc5c(cc43)OCO5)C(=O)[C@H]2O)O[C@H](C)[C@H]1OC. The Morgan fingerprint density at radius 2 is 1.69 bits per heavy atom. The lowest BCUT2D eigenvalue weighted by Crippen LogP contribution is -2.60. The molecule has 11 nitrogen and oxygen atoms in total. The molecule has 4 aliphatic rings. The fourth-order valence-electron chi connectivity index (χ4n) is 5.73. The highest BCUT2D eigenvalue weighted by Gasteiger charge is 2.49. The fourth-order valence-corrected chi connectivity index (χ4v) is 5.73. The number of Topliss-reactive ketones (excluding diaryl/α,β-unsaturated/α-hetero) is 1. The maximum atomic E-state index is 13.6. The summed E-state index contributed by atoms with van der Waals surface area (Å²) in [6, 6.07) is 3.66. The molecule has 8 atom stereocenters. The van der Waals surface area contributed by atoms with E-state index < -0.39 is 54.7 Å². The first-order valence-corrected chi connectivity index (χ1v) is 12.2. The topological polar surface area (TPSA) is 122 Å². The quantitative estimate of drug-likeness (QED) is 0.611. The van der Waals surface area contributed by atoms with E-state index in [1.807, 2.05) is 19.1 Å².